The molecule has 0 aromatic heterocycles. The van der Waals surface area contributed by atoms with Gasteiger partial charge in [0.05, 0.1) is 0 Å². The molecule has 0 radical (unpaired) electrons. The molecule has 2 unspecified atom stereocenters. The van der Waals surface area contributed by atoms with Crippen LogP contribution in [-0.4, -0.2) is 35.1 Å². The molecule has 3 N–H and O–H groups in total. The summed E-state index contributed by atoms with van der Waals surface area (Å²) in [6.45, 7) is 6.70. The van der Waals surface area contributed by atoms with Crippen LogP contribution in [0.1, 0.15) is 33.1 Å². The van der Waals surface area contributed by atoms with E-state index in [0.29, 0.717) is 18.3 Å². The molecule has 14 heavy (non-hydrogen) atoms. The average molecular weight is 199 g/mol. The number of hydrogen-bond acceptors (Lipinski definition) is 3. The summed E-state index contributed by atoms with van der Waals surface area (Å²) in [5, 5.41) is 11.5. The molecular formula is C10H21N3O. The van der Waals surface area contributed by atoms with E-state index >= 15 is 0 Å². The molecule has 0 aromatic rings. The van der Waals surface area contributed by atoms with Crippen LogP contribution in [0, 0.1) is 5.92 Å². The summed E-state index contributed by atoms with van der Waals surface area (Å²) in [4.78, 5) is 2.42. The Balaban J connectivity index is 2.39. The summed E-state index contributed by atoms with van der Waals surface area (Å²) in [5.41, 5.74) is 5.49. The molecule has 1 aliphatic rings. The van der Waals surface area contributed by atoms with Crippen LogP contribution >= 0.6 is 0 Å². The van der Waals surface area contributed by atoms with Crippen molar-refractivity contribution in [3.05, 3.63) is 0 Å². The Labute approximate surface area is 85.8 Å². The number of nitrogens with zero attached hydrogens (tertiary/aromatic N) is 2. The van der Waals surface area contributed by atoms with Gasteiger partial charge in [-0.2, -0.15) is 0 Å². The molecule has 4 nitrogen and oxygen atoms in total. The predicted molar refractivity (Wildman–Crippen MR) is 57.5 cm³/mol. The molecule has 1 fully saturated rings. The van der Waals surface area contributed by atoms with Crippen LogP contribution in [0.5, 0.6) is 0 Å². The molecule has 1 saturated heterocycles. The van der Waals surface area contributed by atoms with Crippen molar-refractivity contribution in [1.82, 2.24) is 4.90 Å². The molecule has 1 heterocycles. The Hall–Kier alpha value is -0.770. The third-order valence-corrected chi connectivity index (χ3v) is 2.94. The smallest absolute Gasteiger partial charge is 0.140 e. The fourth-order valence-electron chi connectivity index (χ4n) is 2.10. The van der Waals surface area contributed by atoms with Gasteiger partial charge in [-0.25, -0.2) is 0 Å². The first-order valence-corrected chi connectivity index (χ1v) is 5.34. The van der Waals surface area contributed by atoms with Gasteiger partial charge in [-0.05, 0) is 32.2 Å². The second-order valence-corrected chi connectivity index (χ2v) is 4.39. The van der Waals surface area contributed by atoms with Crippen molar-refractivity contribution in [2.24, 2.45) is 16.8 Å². The third-order valence-electron chi connectivity index (χ3n) is 2.94. The first kappa shape index (κ1) is 11.3. The average Bonchev–Trinajstić information content (AvgIpc) is 2.17. The third kappa shape index (κ3) is 3.18. The molecule has 4 heteroatoms. The van der Waals surface area contributed by atoms with Gasteiger partial charge in [-0.1, -0.05) is 12.1 Å². The highest BCUT2D eigenvalue weighted by atomic mass is 16.4. The Morgan fingerprint density at radius 3 is 3.00 bits per heavy atom. The maximum Gasteiger partial charge on any atom is 0.140 e. The van der Waals surface area contributed by atoms with Gasteiger partial charge in [0, 0.05) is 19.0 Å². The van der Waals surface area contributed by atoms with Crippen molar-refractivity contribution in [3.63, 3.8) is 0 Å². The zero-order valence-corrected chi connectivity index (χ0v) is 9.11. The topological polar surface area (TPSA) is 61.8 Å². The lowest BCUT2D eigenvalue weighted by Crippen LogP contribution is -2.42. The van der Waals surface area contributed by atoms with Crippen molar-refractivity contribution in [2.75, 3.05) is 13.1 Å². The van der Waals surface area contributed by atoms with E-state index in [1.165, 1.54) is 12.8 Å². The van der Waals surface area contributed by atoms with E-state index in [1.54, 1.807) is 0 Å². The normalized spacial score (nSPS) is 27.6. The van der Waals surface area contributed by atoms with Crippen LogP contribution in [0.2, 0.25) is 0 Å². The Bertz CT molecular complexity index is 206. The van der Waals surface area contributed by atoms with Gasteiger partial charge in [0.15, 0.2) is 0 Å². The minimum atomic E-state index is 0.329. The number of piperidine rings is 1. The van der Waals surface area contributed by atoms with Crippen molar-refractivity contribution < 1.29 is 5.21 Å². The Morgan fingerprint density at radius 2 is 2.43 bits per heavy atom. The fourth-order valence-corrected chi connectivity index (χ4v) is 2.10. The van der Waals surface area contributed by atoms with Gasteiger partial charge < -0.3 is 10.9 Å². The largest absolute Gasteiger partial charge is 0.409 e. The van der Waals surface area contributed by atoms with E-state index in [0.717, 1.165) is 19.0 Å². The van der Waals surface area contributed by atoms with Gasteiger partial charge in [0.1, 0.15) is 5.84 Å². The van der Waals surface area contributed by atoms with Gasteiger partial charge in [0.25, 0.3) is 0 Å². The number of oxime groups is 1. The molecule has 1 rings (SSSR count). The van der Waals surface area contributed by atoms with Crippen molar-refractivity contribution in [1.29, 1.82) is 0 Å². The lowest BCUT2D eigenvalue weighted by Gasteiger charge is -2.35. The highest BCUT2D eigenvalue weighted by Crippen LogP contribution is 2.18. The van der Waals surface area contributed by atoms with Crippen LogP contribution < -0.4 is 5.73 Å². The summed E-state index contributed by atoms with van der Waals surface area (Å²) in [6, 6.07) is 0.383. The van der Waals surface area contributed by atoms with E-state index in [1.807, 2.05) is 0 Å². The van der Waals surface area contributed by atoms with Crippen LogP contribution in [0.25, 0.3) is 0 Å². The van der Waals surface area contributed by atoms with Crippen LogP contribution in [0.15, 0.2) is 5.16 Å². The summed E-state index contributed by atoms with van der Waals surface area (Å²) in [5.74, 6) is 1.11. The lowest BCUT2D eigenvalue weighted by molar-refractivity contribution is 0.141. The minimum Gasteiger partial charge on any atom is -0.409 e. The first-order chi connectivity index (χ1) is 6.63. The highest BCUT2D eigenvalue weighted by Gasteiger charge is 2.21. The SMILES string of the molecule is CC1CCCN(C(C)CC(N)=NO)C1. The molecule has 0 bridgehead atoms. The Morgan fingerprint density at radius 1 is 1.71 bits per heavy atom. The van der Waals surface area contributed by atoms with Crippen molar-refractivity contribution in [3.8, 4) is 0 Å². The summed E-state index contributed by atoms with van der Waals surface area (Å²) in [7, 11) is 0. The zero-order chi connectivity index (χ0) is 10.6. The van der Waals surface area contributed by atoms with Crippen LogP contribution in [0.3, 0.4) is 0 Å². The van der Waals surface area contributed by atoms with E-state index < -0.39 is 0 Å². The monoisotopic (exact) mass is 199 g/mol. The summed E-state index contributed by atoms with van der Waals surface area (Å²) < 4.78 is 0. The molecule has 82 valence electrons. The second kappa shape index (κ2) is 5.20. The zero-order valence-electron chi connectivity index (χ0n) is 9.11. The van der Waals surface area contributed by atoms with E-state index in [4.69, 9.17) is 10.9 Å². The number of amidine groups is 1. The molecule has 0 saturated carbocycles. The summed E-state index contributed by atoms with van der Waals surface area (Å²) >= 11 is 0. The predicted octanol–water partition coefficient (Wildman–Crippen LogP) is 1.24. The standard InChI is InChI=1S/C10H21N3O/c1-8-4-3-5-13(7-8)9(2)6-10(11)12-14/h8-9,14H,3-7H2,1-2H3,(H2,11,12). The lowest BCUT2D eigenvalue weighted by atomic mass is 9.98. The molecule has 1 aliphatic heterocycles. The van der Waals surface area contributed by atoms with Gasteiger partial charge >= 0.3 is 0 Å². The number of nitrogens with two attached hydrogens (primary N) is 1. The Kier molecular flexibility index (Phi) is 4.20. The minimum absolute atomic E-state index is 0.329. The first-order valence-electron chi connectivity index (χ1n) is 5.34. The van der Waals surface area contributed by atoms with Gasteiger partial charge in [0.2, 0.25) is 0 Å². The molecule has 0 amide bonds. The van der Waals surface area contributed by atoms with E-state index in [-0.39, 0.29) is 0 Å². The summed E-state index contributed by atoms with van der Waals surface area (Å²) in [6.07, 6.45) is 3.25. The molecule has 2 atom stereocenters. The van der Waals surface area contributed by atoms with Gasteiger partial charge in [-0.3, -0.25) is 4.90 Å². The number of likely N-dealkylation sites (tertiary alicyclic amines) is 1. The van der Waals surface area contributed by atoms with E-state index in [9.17, 15) is 0 Å². The second-order valence-electron chi connectivity index (χ2n) is 4.39. The molecule has 0 aromatic carbocycles. The highest BCUT2D eigenvalue weighted by molar-refractivity contribution is 5.80. The molecular weight excluding hydrogens is 178 g/mol. The van der Waals surface area contributed by atoms with Crippen molar-refractivity contribution >= 4 is 5.84 Å². The molecule has 0 aliphatic carbocycles. The number of rotatable bonds is 3. The van der Waals surface area contributed by atoms with E-state index in [2.05, 4.69) is 23.9 Å². The van der Waals surface area contributed by atoms with Crippen molar-refractivity contribution in [2.45, 2.75) is 39.2 Å². The van der Waals surface area contributed by atoms with Crippen LogP contribution in [-0.2, 0) is 0 Å². The number of hydrogen-bond donors (Lipinski definition) is 2. The molecule has 0 spiro atoms. The fraction of sp³-hybridized carbons (Fsp3) is 0.900. The van der Waals surface area contributed by atoms with Crippen LogP contribution in [0.4, 0.5) is 0 Å². The maximum atomic E-state index is 8.48. The maximum absolute atomic E-state index is 8.48. The quantitative estimate of drug-likeness (QED) is 0.311. The van der Waals surface area contributed by atoms with Gasteiger partial charge in [-0.15, -0.1) is 0 Å².